The molecule has 3 rings (SSSR count). The average molecular weight is 424 g/mol. The molecule has 0 unspecified atom stereocenters. The third kappa shape index (κ3) is 4.43. The number of carbonyl (C=O) groups excluding carboxylic acids is 1. The Labute approximate surface area is 169 Å². The highest BCUT2D eigenvalue weighted by Gasteiger charge is 2.27. The number of aromatic nitrogens is 2. The smallest absolute Gasteiger partial charge is 0.242 e. The molecule has 1 aliphatic rings. The molecule has 150 valence electrons. The van der Waals surface area contributed by atoms with Crippen molar-refractivity contribution in [2.75, 3.05) is 18.8 Å². The van der Waals surface area contributed by atoms with E-state index in [4.69, 9.17) is 17.3 Å². The van der Waals surface area contributed by atoms with Gasteiger partial charge in [0, 0.05) is 37.8 Å². The van der Waals surface area contributed by atoms with Crippen molar-refractivity contribution in [1.82, 2.24) is 19.6 Å². The molecular weight excluding hydrogens is 402 g/mol. The Hall–Kier alpha value is -2.23. The van der Waals surface area contributed by atoms with E-state index in [1.807, 2.05) is 0 Å². The van der Waals surface area contributed by atoms with Crippen LogP contribution in [0.15, 0.2) is 29.3 Å². The van der Waals surface area contributed by atoms with Crippen LogP contribution in [0.5, 0.6) is 0 Å². The fourth-order valence-electron chi connectivity index (χ4n) is 3.24. The van der Waals surface area contributed by atoms with Gasteiger partial charge in [-0.2, -0.15) is 0 Å². The van der Waals surface area contributed by atoms with E-state index in [-0.39, 0.29) is 27.8 Å². The number of halogens is 1. The normalized spacial score (nSPS) is 15.6. The van der Waals surface area contributed by atoms with Crippen LogP contribution in [0.3, 0.4) is 0 Å². The summed E-state index contributed by atoms with van der Waals surface area (Å²) < 4.78 is 28.6. The van der Waals surface area contributed by atoms with Crippen LogP contribution in [0.1, 0.15) is 25.5 Å². The van der Waals surface area contributed by atoms with Crippen LogP contribution in [-0.4, -0.2) is 48.3 Å². The van der Waals surface area contributed by atoms with Crippen molar-refractivity contribution in [3.8, 4) is 11.1 Å². The number of likely N-dealkylation sites (tertiary alicyclic amines) is 1. The minimum absolute atomic E-state index is 0.00172. The molecular formula is C18H22ClN5O3S. The summed E-state index contributed by atoms with van der Waals surface area (Å²) in [6.45, 7) is 4.34. The maximum absolute atomic E-state index is 12.9. The molecule has 1 aliphatic heterocycles. The van der Waals surface area contributed by atoms with Gasteiger partial charge in [0.15, 0.2) is 0 Å². The lowest BCUT2D eigenvalue weighted by atomic mass is 10.1. The summed E-state index contributed by atoms with van der Waals surface area (Å²) >= 11 is 6.19. The minimum atomic E-state index is -3.83. The van der Waals surface area contributed by atoms with Crippen molar-refractivity contribution in [2.24, 2.45) is 0 Å². The van der Waals surface area contributed by atoms with Gasteiger partial charge in [-0.15, -0.1) is 0 Å². The van der Waals surface area contributed by atoms with Gasteiger partial charge in [-0.05, 0) is 37.5 Å². The number of hydrogen-bond acceptors (Lipinski definition) is 6. The Balaban J connectivity index is 1.85. The minimum Gasteiger partial charge on any atom is -0.368 e. The number of piperidine rings is 1. The molecule has 1 fully saturated rings. The van der Waals surface area contributed by atoms with Crippen molar-refractivity contribution in [3.05, 3.63) is 35.1 Å². The molecule has 0 saturated carbocycles. The van der Waals surface area contributed by atoms with E-state index in [1.165, 1.54) is 13.0 Å². The Kier molecular flexibility index (Phi) is 5.87. The Morgan fingerprint density at radius 2 is 2.00 bits per heavy atom. The van der Waals surface area contributed by atoms with Gasteiger partial charge in [0.25, 0.3) is 0 Å². The Morgan fingerprint density at radius 3 is 2.61 bits per heavy atom. The summed E-state index contributed by atoms with van der Waals surface area (Å²) in [5.74, 6) is 0.153. The summed E-state index contributed by atoms with van der Waals surface area (Å²) in [6, 6.07) is 4.52. The Bertz CT molecular complexity index is 1000. The summed E-state index contributed by atoms with van der Waals surface area (Å²) in [5, 5.41) is 0.131. The first-order chi connectivity index (χ1) is 13.2. The number of benzene rings is 1. The van der Waals surface area contributed by atoms with Crippen molar-refractivity contribution >= 4 is 33.5 Å². The highest BCUT2D eigenvalue weighted by molar-refractivity contribution is 7.89. The highest BCUT2D eigenvalue weighted by Crippen LogP contribution is 2.30. The van der Waals surface area contributed by atoms with Crippen LogP contribution in [-0.2, 0) is 14.8 Å². The van der Waals surface area contributed by atoms with E-state index in [0.717, 1.165) is 0 Å². The largest absolute Gasteiger partial charge is 0.368 e. The third-order valence-electron chi connectivity index (χ3n) is 4.79. The lowest BCUT2D eigenvalue weighted by Gasteiger charge is -2.31. The number of nitrogens with zero attached hydrogens (tertiary/aromatic N) is 3. The number of hydrogen-bond donors (Lipinski definition) is 2. The van der Waals surface area contributed by atoms with Crippen molar-refractivity contribution < 1.29 is 13.2 Å². The Morgan fingerprint density at radius 1 is 1.32 bits per heavy atom. The molecule has 1 aromatic carbocycles. The zero-order valence-electron chi connectivity index (χ0n) is 15.6. The second-order valence-electron chi connectivity index (χ2n) is 6.77. The molecule has 8 nitrogen and oxygen atoms in total. The summed E-state index contributed by atoms with van der Waals surface area (Å²) in [4.78, 5) is 21.2. The van der Waals surface area contributed by atoms with Gasteiger partial charge in [-0.1, -0.05) is 17.7 Å². The lowest BCUT2D eigenvalue weighted by Crippen LogP contribution is -2.45. The average Bonchev–Trinajstić information content (AvgIpc) is 2.62. The molecule has 0 radical (unpaired) electrons. The van der Waals surface area contributed by atoms with Crippen molar-refractivity contribution in [2.45, 2.75) is 37.6 Å². The van der Waals surface area contributed by atoms with Gasteiger partial charge < -0.3 is 10.6 Å². The van der Waals surface area contributed by atoms with Crippen LogP contribution in [0, 0.1) is 6.92 Å². The second-order valence-corrected chi connectivity index (χ2v) is 8.86. The van der Waals surface area contributed by atoms with Crippen molar-refractivity contribution in [1.29, 1.82) is 0 Å². The number of anilines is 1. The number of nitrogens with one attached hydrogen (secondary N) is 1. The second kappa shape index (κ2) is 8.02. The zero-order valence-corrected chi connectivity index (χ0v) is 17.2. The van der Waals surface area contributed by atoms with Gasteiger partial charge in [0.1, 0.15) is 4.90 Å². The maximum Gasteiger partial charge on any atom is 0.242 e. The fourth-order valence-corrected chi connectivity index (χ4v) is 5.07. The standard InChI is InChI=1S/C18H22ClN5O3S/c1-11-15(10-21-18(20)22-11)13-3-4-16(19)17(9-13)28(26,27)23-14-5-7-24(8-6-14)12(2)25/h3-4,9-10,14,23H,5-8H2,1-2H3,(H2,20,21,22). The van der Waals surface area contributed by atoms with Crippen LogP contribution >= 0.6 is 11.6 Å². The molecule has 0 aliphatic carbocycles. The highest BCUT2D eigenvalue weighted by atomic mass is 35.5. The maximum atomic E-state index is 12.9. The van der Waals surface area contributed by atoms with E-state index < -0.39 is 10.0 Å². The number of rotatable bonds is 4. The molecule has 28 heavy (non-hydrogen) atoms. The van der Waals surface area contributed by atoms with E-state index in [1.54, 1.807) is 30.2 Å². The van der Waals surface area contributed by atoms with Gasteiger partial charge in [-0.25, -0.2) is 23.1 Å². The van der Waals surface area contributed by atoms with E-state index in [0.29, 0.717) is 42.8 Å². The van der Waals surface area contributed by atoms with Gasteiger partial charge in [0.2, 0.25) is 21.9 Å². The molecule has 2 aromatic rings. The van der Waals surface area contributed by atoms with E-state index >= 15 is 0 Å². The molecule has 3 N–H and O–H groups in total. The number of nitrogens with two attached hydrogens (primary N) is 1. The molecule has 1 aromatic heterocycles. The fraction of sp³-hybridized carbons (Fsp3) is 0.389. The van der Waals surface area contributed by atoms with Crippen LogP contribution in [0.2, 0.25) is 5.02 Å². The quantitative estimate of drug-likeness (QED) is 0.776. The van der Waals surface area contributed by atoms with Crippen LogP contribution in [0.4, 0.5) is 5.95 Å². The molecule has 0 bridgehead atoms. The molecule has 10 heteroatoms. The number of amides is 1. The summed E-state index contributed by atoms with van der Waals surface area (Å²) in [5.41, 5.74) is 7.54. The zero-order chi connectivity index (χ0) is 20.5. The summed E-state index contributed by atoms with van der Waals surface area (Å²) in [7, 11) is -3.83. The number of nitrogen functional groups attached to an aromatic ring is 1. The number of carbonyl (C=O) groups is 1. The van der Waals surface area contributed by atoms with Gasteiger partial charge >= 0.3 is 0 Å². The van der Waals surface area contributed by atoms with Crippen molar-refractivity contribution in [3.63, 3.8) is 0 Å². The summed E-state index contributed by atoms with van der Waals surface area (Å²) in [6.07, 6.45) is 2.67. The van der Waals surface area contributed by atoms with E-state index in [9.17, 15) is 13.2 Å². The number of aryl methyl sites for hydroxylation is 1. The van der Waals surface area contributed by atoms with E-state index in [2.05, 4.69) is 14.7 Å². The molecule has 1 saturated heterocycles. The topological polar surface area (TPSA) is 118 Å². The van der Waals surface area contributed by atoms with Crippen LogP contribution < -0.4 is 10.5 Å². The third-order valence-corrected chi connectivity index (χ3v) is 6.79. The first-order valence-corrected chi connectivity index (χ1v) is 10.7. The van der Waals surface area contributed by atoms with Gasteiger partial charge in [-0.3, -0.25) is 4.79 Å². The first-order valence-electron chi connectivity index (χ1n) is 8.84. The van der Waals surface area contributed by atoms with Crippen LogP contribution in [0.25, 0.3) is 11.1 Å². The molecule has 1 amide bonds. The predicted octanol–water partition coefficient (Wildman–Crippen LogP) is 1.98. The molecule has 0 atom stereocenters. The molecule has 2 heterocycles. The molecule has 0 spiro atoms. The first kappa shape index (κ1) is 20.5. The van der Waals surface area contributed by atoms with Gasteiger partial charge in [0.05, 0.1) is 10.7 Å². The SMILES string of the molecule is CC(=O)N1CCC(NS(=O)(=O)c2cc(-c3cnc(N)nc3C)ccc2Cl)CC1. The number of sulfonamides is 1. The lowest BCUT2D eigenvalue weighted by molar-refractivity contribution is -0.129. The predicted molar refractivity (Wildman–Crippen MR) is 107 cm³/mol. The monoisotopic (exact) mass is 423 g/mol.